The number of carbonyl (C=O) groups excluding carboxylic acids is 3. The minimum atomic E-state index is -2.22. The Labute approximate surface area is 205 Å². The van der Waals surface area contributed by atoms with Gasteiger partial charge in [-0.25, -0.2) is 0 Å². The van der Waals surface area contributed by atoms with Crippen molar-refractivity contribution in [3.63, 3.8) is 0 Å². The van der Waals surface area contributed by atoms with E-state index in [4.69, 9.17) is 13.9 Å². The summed E-state index contributed by atoms with van der Waals surface area (Å²) in [4.78, 5) is 35.8. The summed E-state index contributed by atoms with van der Waals surface area (Å²) in [6.07, 6.45) is 1.34. The summed E-state index contributed by atoms with van der Waals surface area (Å²) in [5, 5.41) is 0. The number of ether oxygens (including phenoxy) is 2. The van der Waals surface area contributed by atoms with Gasteiger partial charge in [-0.05, 0) is 22.2 Å². The van der Waals surface area contributed by atoms with Crippen LogP contribution in [0.15, 0.2) is 30.3 Å². The van der Waals surface area contributed by atoms with E-state index in [0.29, 0.717) is 36.1 Å². The topological polar surface area (TPSA) is 78.9 Å². The average molecular weight is 491 g/mol. The smallest absolute Gasteiger partial charge is 0.309 e. The molecule has 1 aliphatic rings. The van der Waals surface area contributed by atoms with Gasteiger partial charge < -0.3 is 18.7 Å². The van der Waals surface area contributed by atoms with Crippen molar-refractivity contribution in [3.8, 4) is 0 Å². The Morgan fingerprint density at radius 3 is 2.09 bits per heavy atom. The monoisotopic (exact) mass is 490 g/mol. The minimum Gasteiger partial charge on any atom is -0.462 e. The molecule has 1 saturated heterocycles. The predicted octanol–water partition coefficient (Wildman–Crippen LogP) is 5.78. The van der Waals surface area contributed by atoms with Gasteiger partial charge in [0.1, 0.15) is 18.2 Å². The molecule has 0 saturated carbocycles. The van der Waals surface area contributed by atoms with Crippen LogP contribution in [0.4, 0.5) is 0 Å². The van der Waals surface area contributed by atoms with E-state index >= 15 is 0 Å². The van der Waals surface area contributed by atoms with E-state index in [0.717, 1.165) is 11.8 Å². The van der Waals surface area contributed by atoms with Crippen molar-refractivity contribution in [1.82, 2.24) is 0 Å². The van der Waals surface area contributed by atoms with Gasteiger partial charge in [0.15, 0.2) is 0 Å². The van der Waals surface area contributed by atoms with Gasteiger partial charge in [0.2, 0.25) is 8.32 Å². The van der Waals surface area contributed by atoms with Crippen LogP contribution in [0.3, 0.4) is 0 Å². The summed E-state index contributed by atoms with van der Waals surface area (Å²) in [6, 6.07) is 9.79. The summed E-state index contributed by atoms with van der Waals surface area (Å²) in [7, 11) is -2.22. The van der Waals surface area contributed by atoms with Gasteiger partial charge in [-0.1, -0.05) is 71.9 Å². The molecule has 34 heavy (non-hydrogen) atoms. The molecule has 1 aromatic carbocycles. The Hall–Kier alpha value is -1.83. The Morgan fingerprint density at radius 2 is 1.59 bits per heavy atom. The molecule has 1 aromatic rings. The van der Waals surface area contributed by atoms with Crippen LogP contribution in [0, 0.1) is 0 Å². The lowest BCUT2D eigenvalue weighted by molar-refractivity contribution is -0.173. The number of Topliss-reactive ketones (excluding diaryl/α,β-unsaturated/α-hetero) is 1. The molecule has 0 unspecified atom stereocenters. The highest BCUT2D eigenvalue weighted by molar-refractivity contribution is 6.77. The number of aldehydes is 1. The predicted molar refractivity (Wildman–Crippen MR) is 135 cm³/mol. The maximum Gasteiger partial charge on any atom is 0.309 e. The quantitative estimate of drug-likeness (QED) is 0.166. The Kier molecular flexibility index (Phi) is 11.1. The molecule has 1 fully saturated rings. The van der Waals surface area contributed by atoms with Crippen molar-refractivity contribution in [2.75, 3.05) is 0 Å². The van der Waals surface area contributed by atoms with E-state index in [-0.39, 0.29) is 43.2 Å². The van der Waals surface area contributed by atoms with E-state index in [1.165, 1.54) is 0 Å². The molecule has 7 heteroatoms. The van der Waals surface area contributed by atoms with Crippen molar-refractivity contribution >= 4 is 26.4 Å². The van der Waals surface area contributed by atoms with Gasteiger partial charge in [-0.3, -0.25) is 9.59 Å². The van der Waals surface area contributed by atoms with E-state index in [9.17, 15) is 14.4 Å². The van der Waals surface area contributed by atoms with Crippen LogP contribution < -0.4 is 0 Å². The molecule has 0 aromatic heterocycles. The molecular formula is C27H42O6Si. The lowest BCUT2D eigenvalue weighted by Crippen LogP contribution is -2.50. The summed E-state index contributed by atoms with van der Waals surface area (Å²) >= 11 is 0. The van der Waals surface area contributed by atoms with E-state index < -0.39 is 14.4 Å². The first-order valence-electron chi connectivity index (χ1n) is 12.6. The number of hydrogen-bond acceptors (Lipinski definition) is 6. The van der Waals surface area contributed by atoms with E-state index in [2.05, 4.69) is 41.5 Å². The highest BCUT2D eigenvalue weighted by atomic mass is 28.4. The molecule has 0 N–H and O–H groups in total. The molecule has 0 radical (unpaired) electrons. The number of hydrogen-bond donors (Lipinski definition) is 0. The zero-order chi connectivity index (χ0) is 25.3. The van der Waals surface area contributed by atoms with E-state index in [1.54, 1.807) is 0 Å². The molecule has 190 valence electrons. The van der Waals surface area contributed by atoms with Gasteiger partial charge in [0.25, 0.3) is 0 Å². The minimum absolute atomic E-state index is 0.00901. The Balaban J connectivity index is 2.06. The summed E-state index contributed by atoms with van der Waals surface area (Å²) in [5.74, 6) is -0.204. The Bertz CT molecular complexity index is 762. The fourth-order valence-electron chi connectivity index (χ4n) is 5.35. The van der Waals surface area contributed by atoms with Crippen molar-refractivity contribution in [1.29, 1.82) is 0 Å². The van der Waals surface area contributed by atoms with Crippen LogP contribution in [0.5, 0.6) is 0 Å². The highest BCUT2D eigenvalue weighted by Gasteiger charge is 2.46. The highest BCUT2D eigenvalue weighted by Crippen LogP contribution is 2.43. The first-order chi connectivity index (χ1) is 16.1. The van der Waals surface area contributed by atoms with Crippen LogP contribution in [0.1, 0.15) is 79.2 Å². The first-order valence-corrected chi connectivity index (χ1v) is 14.7. The van der Waals surface area contributed by atoms with Gasteiger partial charge in [-0.15, -0.1) is 0 Å². The molecule has 1 aliphatic heterocycles. The average Bonchev–Trinajstić information content (AvgIpc) is 2.74. The third-order valence-corrected chi connectivity index (χ3v) is 13.1. The van der Waals surface area contributed by atoms with Crippen molar-refractivity contribution < 1.29 is 28.3 Å². The number of carbonyl (C=O) groups is 3. The lowest BCUT2D eigenvalue weighted by atomic mass is 9.98. The molecule has 0 aliphatic carbocycles. The van der Waals surface area contributed by atoms with Gasteiger partial charge in [-0.2, -0.15) is 0 Å². The zero-order valence-electron chi connectivity index (χ0n) is 21.6. The van der Waals surface area contributed by atoms with Crippen LogP contribution in [-0.2, 0) is 34.9 Å². The number of cyclic esters (lactones) is 1. The van der Waals surface area contributed by atoms with Gasteiger partial charge >= 0.3 is 5.97 Å². The number of benzene rings is 1. The molecule has 6 nitrogen and oxygen atoms in total. The van der Waals surface area contributed by atoms with Gasteiger partial charge in [0, 0.05) is 25.7 Å². The van der Waals surface area contributed by atoms with Gasteiger partial charge in [0.05, 0.1) is 25.2 Å². The normalized spacial score (nSPS) is 18.0. The van der Waals surface area contributed by atoms with Crippen LogP contribution in [0.25, 0.3) is 0 Å². The van der Waals surface area contributed by atoms with E-state index in [1.807, 2.05) is 30.3 Å². The fraction of sp³-hybridized carbons (Fsp3) is 0.667. The maximum absolute atomic E-state index is 13.1. The molecule has 0 spiro atoms. The second-order valence-corrected chi connectivity index (χ2v) is 15.8. The van der Waals surface area contributed by atoms with Crippen LogP contribution in [0.2, 0.25) is 16.6 Å². The van der Waals surface area contributed by atoms with Crippen molar-refractivity contribution in [3.05, 3.63) is 35.9 Å². The maximum atomic E-state index is 13.1. The fourth-order valence-corrected chi connectivity index (χ4v) is 10.9. The standard InChI is InChI=1S/C27H42O6Si/c1-19(2)34(20(3)4,21(5)6)33-24(12-13-28)14-23(29)15-25(16-26-17-27(30)32-26)31-18-22-10-8-7-9-11-22/h7-11,13,19-21,24-26H,12,14-18H2,1-6H3/t24-,25-,26-/m0/s1. The summed E-state index contributed by atoms with van der Waals surface area (Å²) in [6.45, 7) is 13.5. The molecule has 3 atom stereocenters. The molecule has 0 bridgehead atoms. The summed E-state index contributed by atoms with van der Waals surface area (Å²) < 4.78 is 18.0. The third kappa shape index (κ3) is 7.85. The van der Waals surface area contributed by atoms with Crippen molar-refractivity contribution in [2.45, 2.75) is 115 Å². The van der Waals surface area contributed by atoms with Crippen molar-refractivity contribution in [2.24, 2.45) is 0 Å². The largest absolute Gasteiger partial charge is 0.462 e. The SMILES string of the molecule is CC(C)[Si](O[C@@H](CC=O)CC(=O)C[C@@H](C[C@H]1CC(=O)O1)OCc1ccccc1)(C(C)C)C(C)C. The summed E-state index contributed by atoms with van der Waals surface area (Å²) in [5.41, 5.74) is 2.13. The number of rotatable bonds is 16. The van der Waals surface area contributed by atoms with Crippen LogP contribution in [-0.4, -0.2) is 44.7 Å². The molecule has 2 rings (SSSR count). The zero-order valence-corrected chi connectivity index (χ0v) is 22.6. The first kappa shape index (κ1) is 28.4. The lowest BCUT2D eigenvalue weighted by Gasteiger charge is -2.44. The number of esters is 1. The molecule has 0 amide bonds. The molecular weight excluding hydrogens is 448 g/mol. The number of ketones is 1. The third-order valence-electron chi connectivity index (χ3n) is 6.89. The van der Waals surface area contributed by atoms with Crippen LogP contribution >= 0.6 is 0 Å². The Morgan fingerprint density at radius 1 is 1.03 bits per heavy atom. The second kappa shape index (κ2) is 13.3. The second-order valence-electron chi connectivity index (χ2n) is 10.4. The molecule has 1 heterocycles.